The molecule has 1 aromatic carbocycles. The van der Waals surface area contributed by atoms with E-state index in [9.17, 15) is 14.9 Å². The number of anilines is 1. The Morgan fingerprint density at radius 1 is 1.45 bits per heavy atom. The highest BCUT2D eigenvalue weighted by molar-refractivity contribution is 5.92. The van der Waals surface area contributed by atoms with Gasteiger partial charge in [-0.3, -0.25) is 19.8 Å². The maximum Gasteiger partial charge on any atom is 0.274 e. The standard InChI is InChI=1S/C16H23N3O3/c1-3-14-6-4-5-9-18(14)11-16(20)17-13-8-7-12(2)15(10-13)19(21)22/h7-8,10,14H,3-6,9,11H2,1-2H3,(H,17,20). The van der Waals surface area contributed by atoms with E-state index in [1.165, 1.54) is 12.5 Å². The van der Waals surface area contributed by atoms with Crippen LogP contribution in [-0.2, 0) is 4.79 Å². The number of benzene rings is 1. The molecule has 1 unspecified atom stereocenters. The van der Waals surface area contributed by atoms with Crippen LogP contribution >= 0.6 is 0 Å². The molecule has 1 N–H and O–H groups in total. The molecule has 0 radical (unpaired) electrons. The van der Waals surface area contributed by atoms with E-state index in [0.717, 1.165) is 25.8 Å². The van der Waals surface area contributed by atoms with Gasteiger partial charge in [0.05, 0.1) is 11.5 Å². The molecular formula is C16H23N3O3. The molecule has 0 aromatic heterocycles. The first-order chi connectivity index (χ1) is 10.5. The van der Waals surface area contributed by atoms with Crippen LogP contribution in [0.4, 0.5) is 11.4 Å². The first kappa shape index (κ1) is 16.4. The number of nitro benzene ring substituents is 1. The highest BCUT2D eigenvalue weighted by Crippen LogP contribution is 2.23. The van der Waals surface area contributed by atoms with Gasteiger partial charge in [0.15, 0.2) is 0 Å². The van der Waals surface area contributed by atoms with E-state index in [1.54, 1.807) is 19.1 Å². The average Bonchev–Trinajstić information content (AvgIpc) is 2.49. The molecule has 6 nitrogen and oxygen atoms in total. The van der Waals surface area contributed by atoms with Crippen LogP contribution in [0.2, 0.25) is 0 Å². The van der Waals surface area contributed by atoms with Crippen LogP contribution in [-0.4, -0.2) is 34.9 Å². The van der Waals surface area contributed by atoms with E-state index >= 15 is 0 Å². The van der Waals surface area contributed by atoms with Gasteiger partial charge in [-0.1, -0.05) is 19.4 Å². The summed E-state index contributed by atoms with van der Waals surface area (Å²) < 4.78 is 0. The van der Waals surface area contributed by atoms with Gasteiger partial charge in [0, 0.05) is 23.4 Å². The summed E-state index contributed by atoms with van der Waals surface area (Å²) in [7, 11) is 0. The Bertz CT molecular complexity index is 560. The lowest BCUT2D eigenvalue weighted by atomic mass is 10.00. The average molecular weight is 305 g/mol. The van der Waals surface area contributed by atoms with E-state index in [1.807, 2.05) is 0 Å². The van der Waals surface area contributed by atoms with Gasteiger partial charge in [-0.2, -0.15) is 0 Å². The number of likely N-dealkylation sites (tertiary alicyclic amines) is 1. The summed E-state index contributed by atoms with van der Waals surface area (Å²) in [4.78, 5) is 24.9. The normalized spacial score (nSPS) is 18.9. The number of piperidine rings is 1. The molecule has 120 valence electrons. The third-order valence-electron chi connectivity index (χ3n) is 4.26. The predicted octanol–water partition coefficient (Wildman–Crippen LogP) is 3.11. The summed E-state index contributed by atoms with van der Waals surface area (Å²) in [6.07, 6.45) is 4.53. The van der Waals surface area contributed by atoms with Crippen LogP contribution < -0.4 is 5.32 Å². The molecule has 22 heavy (non-hydrogen) atoms. The van der Waals surface area contributed by atoms with Crippen LogP contribution in [0.5, 0.6) is 0 Å². The number of nitro groups is 1. The fourth-order valence-corrected chi connectivity index (χ4v) is 3.00. The molecule has 1 saturated heterocycles. The summed E-state index contributed by atoms with van der Waals surface area (Å²) >= 11 is 0. The van der Waals surface area contributed by atoms with E-state index in [-0.39, 0.29) is 11.6 Å². The fraction of sp³-hybridized carbons (Fsp3) is 0.562. The second-order valence-corrected chi connectivity index (χ2v) is 5.83. The molecule has 0 saturated carbocycles. The topological polar surface area (TPSA) is 75.5 Å². The monoisotopic (exact) mass is 305 g/mol. The van der Waals surface area contributed by atoms with Gasteiger partial charge >= 0.3 is 0 Å². The molecule has 1 amide bonds. The Hall–Kier alpha value is -1.95. The van der Waals surface area contributed by atoms with Crippen molar-refractivity contribution in [3.8, 4) is 0 Å². The Morgan fingerprint density at radius 3 is 2.91 bits per heavy atom. The summed E-state index contributed by atoms with van der Waals surface area (Å²) in [5, 5.41) is 13.7. The smallest absolute Gasteiger partial charge is 0.274 e. The molecule has 1 heterocycles. The van der Waals surface area contributed by atoms with Crippen LogP contribution in [0.15, 0.2) is 18.2 Å². The molecule has 1 aromatic rings. The Balaban J connectivity index is 1.99. The van der Waals surface area contributed by atoms with E-state index < -0.39 is 4.92 Å². The molecule has 2 rings (SSSR count). The number of hydrogen-bond acceptors (Lipinski definition) is 4. The number of carbonyl (C=O) groups excluding carboxylic acids is 1. The lowest BCUT2D eigenvalue weighted by Gasteiger charge is -2.34. The van der Waals surface area contributed by atoms with Crippen LogP contribution in [0.25, 0.3) is 0 Å². The van der Waals surface area contributed by atoms with Crippen LogP contribution in [0, 0.1) is 17.0 Å². The molecule has 1 aliphatic heterocycles. The first-order valence-corrected chi connectivity index (χ1v) is 7.80. The zero-order chi connectivity index (χ0) is 16.1. The van der Waals surface area contributed by atoms with Crippen molar-refractivity contribution < 1.29 is 9.72 Å². The van der Waals surface area contributed by atoms with Crippen molar-refractivity contribution in [3.63, 3.8) is 0 Å². The van der Waals surface area contributed by atoms with Crippen molar-refractivity contribution in [2.45, 2.75) is 45.6 Å². The number of nitrogens with zero attached hydrogens (tertiary/aromatic N) is 2. The number of carbonyl (C=O) groups is 1. The molecule has 0 bridgehead atoms. The zero-order valence-electron chi connectivity index (χ0n) is 13.2. The molecule has 1 atom stereocenters. The molecule has 0 spiro atoms. The second kappa shape index (κ2) is 7.35. The van der Waals surface area contributed by atoms with E-state index in [2.05, 4.69) is 17.1 Å². The SMILES string of the molecule is CCC1CCCCN1CC(=O)Nc1ccc(C)c([N+](=O)[O-])c1. The number of rotatable bonds is 5. The predicted molar refractivity (Wildman–Crippen MR) is 86.0 cm³/mol. The highest BCUT2D eigenvalue weighted by atomic mass is 16.6. The van der Waals surface area contributed by atoms with Gasteiger partial charge in [0.2, 0.25) is 5.91 Å². The number of amides is 1. The van der Waals surface area contributed by atoms with Gasteiger partial charge < -0.3 is 5.32 Å². The Morgan fingerprint density at radius 2 is 2.23 bits per heavy atom. The third-order valence-corrected chi connectivity index (χ3v) is 4.26. The van der Waals surface area contributed by atoms with Crippen LogP contribution in [0.3, 0.4) is 0 Å². The van der Waals surface area contributed by atoms with Crippen molar-refractivity contribution in [2.75, 3.05) is 18.4 Å². The minimum absolute atomic E-state index is 0.0298. The second-order valence-electron chi connectivity index (χ2n) is 5.83. The van der Waals surface area contributed by atoms with Crippen molar-refractivity contribution >= 4 is 17.3 Å². The minimum Gasteiger partial charge on any atom is -0.325 e. The molecule has 1 aliphatic rings. The maximum atomic E-state index is 12.2. The van der Waals surface area contributed by atoms with E-state index in [4.69, 9.17) is 0 Å². The van der Waals surface area contributed by atoms with Gasteiger partial charge in [-0.25, -0.2) is 0 Å². The minimum atomic E-state index is -0.428. The lowest BCUT2D eigenvalue weighted by Crippen LogP contribution is -2.43. The summed E-state index contributed by atoms with van der Waals surface area (Å²) in [5.41, 5.74) is 1.10. The molecule has 0 aliphatic carbocycles. The highest BCUT2D eigenvalue weighted by Gasteiger charge is 2.23. The lowest BCUT2D eigenvalue weighted by molar-refractivity contribution is -0.385. The van der Waals surface area contributed by atoms with E-state index in [0.29, 0.717) is 23.8 Å². The quantitative estimate of drug-likeness (QED) is 0.670. The van der Waals surface area contributed by atoms with Gasteiger partial charge in [0.1, 0.15) is 0 Å². The number of aryl methyl sites for hydroxylation is 1. The molecule has 6 heteroatoms. The van der Waals surface area contributed by atoms with Crippen molar-refractivity contribution in [2.24, 2.45) is 0 Å². The summed E-state index contributed by atoms with van der Waals surface area (Å²) in [6.45, 7) is 5.12. The van der Waals surface area contributed by atoms with Crippen LogP contribution in [0.1, 0.15) is 38.2 Å². The Kier molecular flexibility index (Phi) is 5.49. The largest absolute Gasteiger partial charge is 0.325 e. The van der Waals surface area contributed by atoms with Gasteiger partial charge in [-0.05, 0) is 38.8 Å². The molecular weight excluding hydrogens is 282 g/mol. The zero-order valence-corrected chi connectivity index (χ0v) is 13.2. The maximum absolute atomic E-state index is 12.2. The van der Waals surface area contributed by atoms with Crippen molar-refractivity contribution in [3.05, 3.63) is 33.9 Å². The summed E-state index contributed by atoms with van der Waals surface area (Å²) in [5.74, 6) is -0.112. The Labute approximate surface area is 130 Å². The molecule has 1 fully saturated rings. The fourth-order valence-electron chi connectivity index (χ4n) is 3.00. The number of nitrogens with one attached hydrogen (secondary N) is 1. The summed E-state index contributed by atoms with van der Waals surface area (Å²) in [6, 6.07) is 5.24. The van der Waals surface area contributed by atoms with Gasteiger partial charge in [-0.15, -0.1) is 0 Å². The van der Waals surface area contributed by atoms with Crippen molar-refractivity contribution in [1.82, 2.24) is 4.90 Å². The number of hydrogen-bond donors (Lipinski definition) is 1. The van der Waals surface area contributed by atoms with Gasteiger partial charge in [0.25, 0.3) is 5.69 Å². The third kappa shape index (κ3) is 4.04. The first-order valence-electron chi connectivity index (χ1n) is 7.80. The van der Waals surface area contributed by atoms with Crippen molar-refractivity contribution in [1.29, 1.82) is 0 Å².